The topological polar surface area (TPSA) is 17.3 Å². The van der Waals surface area contributed by atoms with Gasteiger partial charge in [-0.2, -0.15) is 0 Å². The molecule has 22 heavy (non-hydrogen) atoms. The fourth-order valence-electron chi connectivity index (χ4n) is 3.35. The van der Waals surface area contributed by atoms with Gasteiger partial charge >= 0.3 is 0 Å². The van der Waals surface area contributed by atoms with Crippen molar-refractivity contribution in [3.05, 3.63) is 52.3 Å². The molecule has 0 N–H and O–H groups in total. The molecule has 0 atom stereocenters. The molecular weight excluding hydrogens is 292 g/mol. The van der Waals surface area contributed by atoms with E-state index in [-0.39, 0.29) is 0 Å². The number of aryl methyl sites for hydroxylation is 1. The highest BCUT2D eigenvalue weighted by Crippen LogP contribution is 2.23. The van der Waals surface area contributed by atoms with Crippen LogP contribution in [-0.2, 0) is 0 Å². The minimum Gasteiger partial charge on any atom is -0.318 e. The van der Waals surface area contributed by atoms with Gasteiger partial charge < -0.3 is 4.57 Å². The van der Waals surface area contributed by atoms with Crippen molar-refractivity contribution in [3.63, 3.8) is 0 Å². The molecule has 1 aliphatic carbocycles. The molecule has 2 nitrogen and oxygen atoms in total. The van der Waals surface area contributed by atoms with Crippen LogP contribution in [-0.4, -0.2) is 16.8 Å². The summed E-state index contributed by atoms with van der Waals surface area (Å²) in [5, 5.41) is 0.766. The molecule has 1 saturated carbocycles. The van der Waals surface area contributed by atoms with Crippen LogP contribution in [0, 0.1) is 13.8 Å². The zero-order chi connectivity index (χ0) is 15.5. The van der Waals surface area contributed by atoms with Gasteiger partial charge in [-0.15, -0.1) is 0 Å². The Labute approximate surface area is 137 Å². The third-order valence-corrected chi connectivity index (χ3v) is 4.77. The lowest BCUT2D eigenvalue weighted by Gasteiger charge is -2.17. The van der Waals surface area contributed by atoms with Crippen molar-refractivity contribution < 1.29 is 0 Å². The van der Waals surface area contributed by atoms with E-state index in [9.17, 15) is 0 Å². The van der Waals surface area contributed by atoms with E-state index in [1.54, 1.807) is 0 Å². The summed E-state index contributed by atoms with van der Waals surface area (Å²) in [6.07, 6.45) is 8.56. The molecule has 2 aromatic rings. The zero-order valence-corrected chi connectivity index (χ0v) is 14.1. The quantitative estimate of drug-likeness (QED) is 0.666. The first-order valence-electron chi connectivity index (χ1n) is 8.13. The van der Waals surface area contributed by atoms with Gasteiger partial charge in [0.25, 0.3) is 0 Å². The maximum atomic E-state index is 6.13. The second-order valence-corrected chi connectivity index (χ2v) is 6.65. The molecule has 0 radical (unpaired) electrons. The molecular formula is C19H23ClN2. The zero-order valence-electron chi connectivity index (χ0n) is 13.3. The fourth-order valence-corrected chi connectivity index (χ4v) is 3.53. The van der Waals surface area contributed by atoms with Crippen LogP contribution in [0.4, 0.5) is 0 Å². The Morgan fingerprint density at radius 2 is 1.91 bits per heavy atom. The Hall–Kier alpha value is -1.54. The first-order valence-corrected chi connectivity index (χ1v) is 8.51. The highest BCUT2D eigenvalue weighted by molar-refractivity contribution is 6.30. The fraction of sp³-hybridized carbons (Fsp3) is 0.421. The first-order chi connectivity index (χ1) is 10.6. The van der Waals surface area contributed by atoms with E-state index in [0.717, 1.165) is 10.7 Å². The van der Waals surface area contributed by atoms with Crippen LogP contribution >= 0.6 is 11.6 Å². The molecule has 0 bridgehead atoms. The van der Waals surface area contributed by atoms with Crippen LogP contribution in [0.3, 0.4) is 0 Å². The van der Waals surface area contributed by atoms with Crippen molar-refractivity contribution in [2.75, 3.05) is 0 Å². The van der Waals surface area contributed by atoms with Crippen molar-refractivity contribution in [2.24, 2.45) is 4.99 Å². The van der Waals surface area contributed by atoms with Crippen LogP contribution in [0.5, 0.6) is 0 Å². The van der Waals surface area contributed by atoms with Gasteiger partial charge in [0, 0.05) is 39.9 Å². The molecule has 1 heterocycles. The van der Waals surface area contributed by atoms with E-state index in [0.29, 0.717) is 6.04 Å². The predicted octanol–water partition coefficient (Wildman–Crippen LogP) is 5.50. The van der Waals surface area contributed by atoms with Gasteiger partial charge in [-0.1, -0.05) is 36.9 Å². The Morgan fingerprint density at radius 3 is 2.64 bits per heavy atom. The third kappa shape index (κ3) is 3.27. The molecule has 0 unspecified atom stereocenters. The summed E-state index contributed by atoms with van der Waals surface area (Å²) in [6, 6.07) is 10.7. The number of benzene rings is 1. The largest absolute Gasteiger partial charge is 0.318 e. The second-order valence-electron chi connectivity index (χ2n) is 6.21. The van der Waals surface area contributed by atoms with Crippen molar-refractivity contribution in [2.45, 2.75) is 52.0 Å². The Bertz CT molecular complexity index is 679. The molecule has 3 rings (SSSR count). The number of hydrogen-bond acceptors (Lipinski definition) is 1. The summed E-state index contributed by atoms with van der Waals surface area (Å²) in [7, 11) is 0. The van der Waals surface area contributed by atoms with Crippen LogP contribution in [0.2, 0.25) is 5.02 Å². The molecule has 0 aliphatic heterocycles. The lowest BCUT2D eigenvalue weighted by atomic mass is 9.96. The minimum absolute atomic E-state index is 0.517. The summed E-state index contributed by atoms with van der Waals surface area (Å²) in [5.41, 5.74) is 4.76. The summed E-state index contributed by atoms with van der Waals surface area (Å²) < 4.78 is 2.24. The van der Waals surface area contributed by atoms with Crippen molar-refractivity contribution in [1.29, 1.82) is 0 Å². The summed E-state index contributed by atoms with van der Waals surface area (Å²) in [5.74, 6) is 0. The molecule has 1 aliphatic rings. The SMILES string of the molecule is Cc1cc(C=NC2CCCCC2)c(C)n1-c1cccc(Cl)c1. The van der Waals surface area contributed by atoms with Crippen molar-refractivity contribution in [1.82, 2.24) is 4.57 Å². The van der Waals surface area contributed by atoms with Gasteiger partial charge in [-0.05, 0) is 51.0 Å². The number of aromatic nitrogens is 1. The number of nitrogens with zero attached hydrogens (tertiary/aromatic N) is 2. The lowest BCUT2D eigenvalue weighted by Crippen LogP contribution is -2.09. The van der Waals surface area contributed by atoms with Gasteiger partial charge in [-0.25, -0.2) is 0 Å². The number of rotatable bonds is 3. The van der Waals surface area contributed by atoms with Gasteiger partial charge in [-0.3, -0.25) is 4.99 Å². The summed E-state index contributed by atoms with van der Waals surface area (Å²) in [6.45, 7) is 4.28. The van der Waals surface area contributed by atoms with Crippen LogP contribution in [0.25, 0.3) is 5.69 Å². The number of aliphatic imine (C=N–C) groups is 1. The molecule has 3 heteroatoms. The molecule has 116 valence electrons. The van der Waals surface area contributed by atoms with Crippen molar-refractivity contribution in [3.8, 4) is 5.69 Å². The molecule has 0 amide bonds. The smallest absolute Gasteiger partial charge is 0.0499 e. The average molecular weight is 315 g/mol. The third-order valence-electron chi connectivity index (χ3n) is 4.54. The summed E-state index contributed by atoms with van der Waals surface area (Å²) in [4.78, 5) is 4.82. The van der Waals surface area contributed by atoms with E-state index >= 15 is 0 Å². The monoisotopic (exact) mass is 314 g/mol. The van der Waals surface area contributed by atoms with Crippen LogP contribution < -0.4 is 0 Å². The molecule has 1 aromatic heterocycles. The molecule has 1 fully saturated rings. The van der Waals surface area contributed by atoms with E-state index in [1.165, 1.54) is 49.1 Å². The second kappa shape index (κ2) is 6.70. The normalized spacial score (nSPS) is 16.5. The average Bonchev–Trinajstić information content (AvgIpc) is 2.80. The molecule has 0 spiro atoms. The highest BCUT2D eigenvalue weighted by atomic mass is 35.5. The minimum atomic E-state index is 0.517. The van der Waals surface area contributed by atoms with E-state index in [1.807, 2.05) is 18.2 Å². The molecule has 1 aromatic carbocycles. The number of hydrogen-bond donors (Lipinski definition) is 0. The Kier molecular flexibility index (Phi) is 4.68. The van der Waals surface area contributed by atoms with Gasteiger partial charge in [0.15, 0.2) is 0 Å². The first kappa shape index (κ1) is 15.4. The van der Waals surface area contributed by atoms with Crippen molar-refractivity contribution >= 4 is 17.8 Å². The highest BCUT2D eigenvalue weighted by Gasteiger charge is 2.13. The standard InChI is InChI=1S/C19H23ClN2/c1-14-11-16(13-21-18-8-4-3-5-9-18)15(2)22(14)19-10-6-7-17(20)12-19/h6-7,10-13,18H,3-5,8-9H2,1-2H3. The van der Waals surface area contributed by atoms with Gasteiger partial charge in [0.05, 0.1) is 0 Å². The maximum absolute atomic E-state index is 6.13. The Morgan fingerprint density at radius 1 is 1.14 bits per heavy atom. The van der Waals surface area contributed by atoms with Gasteiger partial charge in [0.2, 0.25) is 0 Å². The van der Waals surface area contributed by atoms with Gasteiger partial charge in [0.1, 0.15) is 0 Å². The van der Waals surface area contributed by atoms with Crippen LogP contribution in [0.1, 0.15) is 49.1 Å². The number of halogens is 1. The summed E-state index contributed by atoms with van der Waals surface area (Å²) >= 11 is 6.13. The van der Waals surface area contributed by atoms with Crippen LogP contribution in [0.15, 0.2) is 35.3 Å². The van der Waals surface area contributed by atoms with E-state index in [2.05, 4.69) is 36.8 Å². The molecule has 0 saturated heterocycles. The van der Waals surface area contributed by atoms with E-state index < -0.39 is 0 Å². The Balaban J connectivity index is 1.88. The predicted molar refractivity (Wildman–Crippen MR) is 94.7 cm³/mol. The maximum Gasteiger partial charge on any atom is 0.0499 e. The van der Waals surface area contributed by atoms with E-state index in [4.69, 9.17) is 16.6 Å². The lowest BCUT2D eigenvalue weighted by molar-refractivity contribution is 0.444.